The number of hydrogen-bond donors (Lipinski definition) is 1. The first-order valence-corrected chi connectivity index (χ1v) is 6.20. The Bertz CT molecular complexity index is 764. The SMILES string of the molecule is CCc1nn(C)cc1-n1c(=S)[nH]c2cccnc21. The van der Waals surface area contributed by atoms with Crippen molar-refractivity contribution < 1.29 is 0 Å². The van der Waals surface area contributed by atoms with Crippen LogP contribution in [0.2, 0.25) is 0 Å². The molecule has 3 aromatic heterocycles. The van der Waals surface area contributed by atoms with Gasteiger partial charge in [0.15, 0.2) is 10.4 Å². The predicted octanol–water partition coefficient (Wildman–Crippen LogP) is 2.38. The van der Waals surface area contributed by atoms with E-state index in [0.717, 1.165) is 29.0 Å². The van der Waals surface area contributed by atoms with Gasteiger partial charge in [0, 0.05) is 19.4 Å². The monoisotopic (exact) mass is 259 g/mol. The highest BCUT2D eigenvalue weighted by atomic mass is 32.1. The lowest BCUT2D eigenvalue weighted by atomic mass is 10.3. The Morgan fingerprint density at radius 1 is 1.44 bits per heavy atom. The fraction of sp³-hybridized carbons (Fsp3) is 0.250. The van der Waals surface area contributed by atoms with Gasteiger partial charge in [-0.25, -0.2) is 4.98 Å². The van der Waals surface area contributed by atoms with Gasteiger partial charge in [0.25, 0.3) is 0 Å². The quantitative estimate of drug-likeness (QED) is 0.719. The van der Waals surface area contributed by atoms with Crippen molar-refractivity contribution in [3.05, 3.63) is 35.0 Å². The number of H-pyrrole nitrogens is 1. The van der Waals surface area contributed by atoms with Crippen molar-refractivity contribution in [3.63, 3.8) is 0 Å². The van der Waals surface area contributed by atoms with Crippen LogP contribution in [0.5, 0.6) is 0 Å². The summed E-state index contributed by atoms with van der Waals surface area (Å²) in [5, 5.41) is 4.44. The number of imidazole rings is 1. The van der Waals surface area contributed by atoms with E-state index in [1.165, 1.54) is 0 Å². The molecular formula is C12H13N5S. The van der Waals surface area contributed by atoms with Crippen LogP contribution in [0.25, 0.3) is 16.9 Å². The summed E-state index contributed by atoms with van der Waals surface area (Å²) in [6, 6.07) is 3.86. The van der Waals surface area contributed by atoms with Crippen molar-refractivity contribution in [1.29, 1.82) is 0 Å². The van der Waals surface area contributed by atoms with Crippen LogP contribution in [0.3, 0.4) is 0 Å². The average Bonchev–Trinajstić information content (AvgIpc) is 2.87. The largest absolute Gasteiger partial charge is 0.329 e. The molecule has 0 bridgehead atoms. The van der Waals surface area contributed by atoms with Gasteiger partial charge in [-0.3, -0.25) is 9.25 Å². The summed E-state index contributed by atoms with van der Waals surface area (Å²) in [5.41, 5.74) is 3.79. The van der Waals surface area contributed by atoms with Crippen LogP contribution < -0.4 is 0 Å². The smallest absolute Gasteiger partial charge is 0.184 e. The van der Waals surface area contributed by atoms with Gasteiger partial charge in [0.1, 0.15) is 0 Å². The average molecular weight is 259 g/mol. The number of nitrogens with zero attached hydrogens (tertiary/aromatic N) is 4. The zero-order chi connectivity index (χ0) is 12.7. The number of nitrogens with one attached hydrogen (secondary N) is 1. The van der Waals surface area contributed by atoms with Gasteiger partial charge in [-0.1, -0.05) is 6.92 Å². The second-order valence-corrected chi connectivity index (χ2v) is 4.52. The highest BCUT2D eigenvalue weighted by molar-refractivity contribution is 7.71. The minimum Gasteiger partial charge on any atom is -0.329 e. The molecule has 3 rings (SSSR count). The van der Waals surface area contributed by atoms with Crippen LogP contribution in [0, 0.1) is 4.77 Å². The van der Waals surface area contributed by atoms with Crippen molar-refractivity contribution in [2.45, 2.75) is 13.3 Å². The van der Waals surface area contributed by atoms with Gasteiger partial charge in [-0.05, 0) is 30.8 Å². The van der Waals surface area contributed by atoms with E-state index < -0.39 is 0 Å². The first-order valence-electron chi connectivity index (χ1n) is 5.79. The summed E-state index contributed by atoms with van der Waals surface area (Å²) >= 11 is 5.38. The summed E-state index contributed by atoms with van der Waals surface area (Å²) in [7, 11) is 1.91. The van der Waals surface area contributed by atoms with Crippen LogP contribution in [0.4, 0.5) is 0 Å². The van der Waals surface area contributed by atoms with E-state index in [9.17, 15) is 0 Å². The number of rotatable bonds is 2. The fourth-order valence-electron chi connectivity index (χ4n) is 2.12. The van der Waals surface area contributed by atoms with Crippen LogP contribution in [0.15, 0.2) is 24.5 Å². The van der Waals surface area contributed by atoms with E-state index in [4.69, 9.17) is 12.2 Å². The van der Waals surface area contributed by atoms with E-state index in [1.54, 1.807) is 10.9 Å². The Morgan fingerprint density at radius 2 is 2.28 bits per heavy atom. The van der Waals surface area contributed by atoms with Crippen molar-refractivity contribution in [2.75, 3.05) is 0 Å². The number of aromatic amines is 1. The van der Waals surface area contributed by atoms with E-state index in [-0.39, 0.29) is 0 Å². The van der Waals surface area contributed by atoms with Crippen molar-refractivity contribution in [3.8, 4) is 5.69 Å². The molecule has 0 unspecified atom stereocenters. The molecule has 0 aliphatic heterocycles. The van der Waals surface area contributed by atoms with Gasteiger partial charge < -0.3 is 4.98 Å². The van der Waals surface area contributed by atoms with Crippen molar-refractivity contribution in [2.24, 2.45) is 7.05 Å². The van der Waals surface area contributed by atoms with Gasteiger partial charge in [-0.15, -0.1) is 0 Å². The minimum absolute atomic E-state index is 0.645. The van der Waals surface area contributed by atoms with Gasteiger partial charge in [-0.2, -0.15) is 5.10 Å². The summed E-state index contributed by atoms with van der Waals surface area (Å²) in [6.07, 6.45) is 4.59. The summed E-state index contributed by atoms with van der Waals surface area (Å²) in [4.78, 5) is 7.56. The second-order valence-electron chi connectivity index (χ2n) is 4.13. The molecule has 0 saturated carbocycles. The van der Waals surface area contributed by atoms with Crippen LogP contribution in [0.1, 0.15) is 12.6 Å². The minimum atomic E-state index is 0.645. The zero-order valence-corrected chi connectivity index (χ0v) is 11.0. The van der Waals surface area contributed by atoms with Crippen molar-refractivity contribution >= 4 is 23.4 Å². The molecular weight excluding hydrogens is 246 g/mol. The Labute approximate surface area is 109 Å². The van der Waals surface area contributed by atoms with E-state index >= 15 is 0 Å². The van der Waals surface area contributed by atoms with Crippen LogP contribution >= 0.6 is 12.2 Å². The number of fused-ring (bicyclic) bond motifs is 1. The molecule has 0 atom stereocenters. The maximum absolute atomic E-state index is 5.38. The number of aromatic nitrogens is 5. The summed E-state index contributed by atoms with van der Waals surface area (Å²) in [6.45, 7) is 2.08. The third kappa shape index (κ3) is 1.57. The molecule has 0 amide bonds. The lowest BCUT2D eigenvalue weighted by Gasteiger charge is -2.01. The summed E-state index contributed by atoms with van der Waals surface area (Å²) in [5.74, 6) is 0. The third-order valence-electron chi connectivity index (χ3n) is 2.90. The molecule has 0 fully saturated rings. The van der Waals surface area contributed by atoms with Crippen LogP contribution in [-0.4, -0.2) is 24.3 Å². The molecule has 0 aliphatic rings. The molecule has 6 heteroatoms. The van der Waals surface area contributed by atoms with Crippen LogP contribution in [-0.2, 0) is 13.5 Å². The standard InChI is InChI=1S/C12H13N5S/c1-3-8-10(7-16(2)15-8)17-11-9(14-12(17)18)5-4-6-13-11/h4-7H,3H2,1-2H3,(H,14,18). The van der Waals surface area contributed by atoms with E-state index in [2.05, 4.69) is 22.0 Å². The molecule has 3 aromatic rings. The molecule has 5 nitrogen and oxygen atoms in total. The number of pyridine rings is 1. The van der Waals surface area contributed by atoms with E-state index in [1.807, 2.05) is 29.9 Å². The third-order valence-corrected chi connectivity index (χ3v) is 3.19. The highest BCUT2D eigenvalue weighted by Gasteiger charge is 2.13. The molecule has 0 aliphatic carbocycles. The molecule has 0 radical (unpaired) electrons. The molecule has 0 aromatic carbocycles. The molecule has 1 N–H and O–H groups in total. The Hall–Kier alpha value is -1.95. The lowest BCUT2D eigenvalue weighted by molar-refractivity contribution is 0.746. The molecule has 0 saturated heterocycles. The first kappa shape index (κ1) is 11.2. The summed E-state index contributed by atoms with van der Waals surface area (Å²) < 4.78 is 4.39. The van der Waals surface area contributed by atoms with Gasteiger partial charge >= 0.3 is 0 Å². The number of hydrogen-bond acceptors (Lipinski definition) is 3. The molecule has 18 heavy (non-hydrogen) atoms. The maximum atomic E-state index is 5.38. The Kier molecular flexibility index (Phi) is 2.52. The normalized spacial score (nSPS) is 11.2. The highest BCUT2D eigenvalue weighted by Crippen LogP contribution is 2.20. The van der Waals surface area contributed by atoms with Gasteiger partial charge in [0.05, 0.1) is 16.9 Å². The zero-order valence-electron chi connectivity index (χ0n) is 10.2. The van der Waals surface area contributed by atoms with Crippen molar-refractivity contribution in [1.82, 2.24) is 24.3 Å². The molecule has 0 spiro atoms. The van der Waals surface area contributed by atoms with Gasteiger partial charge in [0.2, 0.25) is 0 Å². The first-order chi connectivity index (χ1) is 8.70. The number of aryl methyl sites for hydroxylation is 2. The fourth-order valence-corrected chi connectivity index (χ4v) is 2.42. The Balaban J connectivity index is 2.37. The predicted molar refractivity (Wildman–Crippen MR) is 72.4 cm³/mol. The second kappa shape index (κ2) is 4.06. The molecule has 3 heterocycles. The van der Waals surface area contributed by atoms with E-state index in [0.29, 0.717) is 4.77 Å². The molecule has 92 valence electrons. The maximum Gasteiger partial charge on any atom is 0.184 e. The lowest BCUT2D eigenvalue weighted by Crippen LogP contribution is -1.97. The Morgan fingerprint density at radius 3 is 3.06 bits per heavy atom. The topological polar surface area (TPSA) is 51.4 Å².